The van der Waals surface area contributed by atoms with Crippen LogP contribution in [0.5, 0.6) is 0 Å². The van der Waals surface area contributed by atoms with Crippen LogP contribution in [-0.2, 0) is 10.0 Å². The molecular formula is C15H20N2O3S. The molecule has 2 rings (SSSR count). The summed E-state index contributed by atoms with van der Waals surface area (Å²) in [6, 6.07) is 8.49. The zero-order valence-electron chi connectivity index (χ0n) is 12.2. The maximum Gasteiger partial charge on any atom is 0.241 e. The molecule has 0 saturated heterocycles. The summed E-state index contributed by atoms with van der Waals surface area (Å²) in [5.74, 6) is 0. The number of nitrogens with zero attached hydrogens (tertiary/aromatic N) is 1. The van der Waals surface area contributed by atoms with E-state index >= 15 is 0 Å². The van der Waals surface area contributed by atoms with Crippen LogP contribution in [0, 0.1) is 0 Å². The van der Waals surface area contributed by atoms with Crippen molar-refractivity contribution in [1.29, 1.82) is 0 Å². The Labute approximate surface area is 125 Å². The van der Waals surface area contributed by atoms with Crippen molar-refractivity contribution in [2.75, 3.05) is 6.61 Å². The van der Waals surface area contributed by atoms with Gasteiger partial charge in [0.05, 0.1) is 10.4 Å². The second-order valence-electron chi connectivity index (χ2n) is 5.32. The van der Waals surface area contributed by atoms with Crippen LogP contribution in [0.2, 0.25) is 0 Å². The summed E-state index contributed by atoms with van der Waals surface area (Å²) in [6.45, 7) is 3.62. The Bertz CT molecular complexity index is 725. The third-order valence-electron chi connectivity index (χ3n) is 3.72. The highest BCUT2D eigenvalue weighted by Crippen LogP contribution is 2.24. The van der Waals surface area contributed by atoms with Crippen molar-refractivity contribution in [3.63, 3.8) is 0 Å². The van der Waals surface area contributed by atoms with E-state index in [1.54, 1.807) is 43.5 Å². The van der Waals surface area contributed by atoms with Gasteiger partial charge in [0.15, 0.2) is 0 Å². The largest absolute Gasteiger partial charge is 0.396 e. The van der Waals surface area contributed by atoms with Crippen LogP contribution in [0.25, 0.3) is 10.9 Å². The molecule has 1 heterocycles. The maximum atomic E-state index is 12.7. The lowest BCUT2D eigenvalue weighted by Crippen LogP contribution is -2.46. The SMILES string of the molecule is CCC(C)(CCO)NS(=O)(=O)c1cccc2ncccc12. The molecule has 21 heavy (non-hydrogen) atoms. The van der Waals surface area contributed by atoms with E-state index in [4.69, 9.17) is 5.11 Å². The van der Waals surface area contributed by atoms with Crippen molar-refractivity contribution in [3.05, 3.63) is 36.5 Å². The van der Waals surface area contributed by atoms with Gasteiger partial charge in [-0.1, -0.05) is 13.0 Å². The van der Waals surface area contributed by atoms with Crippen LogP contribution in [0.3, 0.4) is 0 Å². The van der Waals surface area contributed by atoms with Crippen LogP contribution >= 0.6 is 0 Å². The molecule has 1 aromatic heterocycles. The van der Waals surface area contributed by atoms with Crippen molar-refractivity contribution >= 4 is 20.9 Å². The van der Waals surface area contributed by atoms with E-state index in [1.165, 1.54) is 0 Å². The fraction of sp³-hybridized carbons (Fsp3) is 0.400. The van der Waals surface area contributed by atoms with E-state index in [0.29, 0.717) is 23.7 Å². The first-order valence-corrected chi connectivity index (χ1v) is 8.39. The number of aliphatic hydroxyl groups is 1. The number of aliphatic hydroxyl groups excluding tert-OH is 1. The van der Waals surface area contributed by atoms with Crippen LogP contribution in [-0.4, -0.2) is 30.7 Å². The lowest BCUT2D eigenvalue weighted by atomic mass is 9.97. The molecular weight excluding hydrogens is 288 g/mol. The van der Waals surface area contributed by atoms with Crippen LogP contribution < -0.4 is 4.72 Å². The topological polar surface area (TPSA) is 79.3 Å². The maximum absolute atomic E-state index is 12.7. The van der Waals surface area contributed by atoms with Gasteiger partial charge in [-0.3, -0.25) is 4.98 Å². The highest BCUT2D eigenvalue weighted by molar-refractivity contribution is 7.89. The Hall–Kier alpha value is -1.50. The first-order chi connectivity index (χ1) is 9.92. The molecule has 1 atom stereocenters. The monoisotopic (exact) mass is 308 g/mol. The molecule has 0 fully saturated rings. The van der Waals surface area contributed by atoms with Gasteiger partial charge >= 0.3 is 0 Å². The predicted octanol–water partition coefficient (Wildman–Crippen LogP) is 2.06. The highest BCUT2D eigenvalue weighted by Gasteiger charge is 2.29. The van der Waals surface area contributed by atoms with E-state index in [-0.39, 0.29) is 11.5 Å². The summed E-state index contributed by atoms with van der Waals surface area (Å²) < 4.78 is 28.1. The second-order valence-corrected chi connectivity index (χ2v) is 6.97. The number of hydrogen-bond acceptors (Lipinski definition) is 4. The molecule has 0 aliphatic heterocycles. The second kappa shape index (κ2) is 6.09. The van der Waals surface area contributed by atoms with E-state index < -0.39 is 15.6 Å². The molecule has 0 amide bonds. The fourth-order valence-corrected chi connectivity index (χ4v) is 3.96. The third-order valence-corrected chi connectivity index (χ3v) is 5.42. The number of rotatable bonds is 6. The lowest BCUT2D eigenvalue weighted by Gasteiger charge is -2.28. The first kappa shape index (κ1) is 15.9. The molecule has 0 spiro atoms. The van der Waals surface area contributed by atoms with Gasteiger partial charge in [-0.05, 0) is 44.0 Å². The van der Waals surface area contributed by atoms with Crippen molar-refractivity contribution in [2.45, 2.75) is 37.1 Å². The van der Waals surface area contributed by atoms with Gasteiger partial charge in [-0.25, -0.2) is 13.1 Å². The van der Waals surface area contributed by atoms with Gasteiger partial charge in [0.1, 0.15) is 0 Å². The fourth-order valence-electron chi connectivity index (χ4n) is 2.24. The van der Waals surface area contributed by atoms with Gasteiger partial charge in [-0.2, -0.15) is 0 Å². The summed E-state index contributed by atoms with van der Waals surface area (Å²) in [7, 11) is -3.68. The minimum absolute atomic E-state index is 0.0655. The molecule has 5 nitrogen and oxygen atoms in total. The number of sulfonamides is 1. The molecule has 0 saturated carbocycles. The smallest absolute Gasteiger partial charge is 0.241 e. The molecule has 0 aliphatic rings. The van der Waals surface area contributed by atoms with Gasteiger partial charge in [-0.15, -0.1) is 0 Å². The van der Waals surface area contributed by atoms with Crippen molar-refractivity contribution in [2.24, 2.45) is 0 Å². The van der Waals surface area contributed by atoms with Crippen LogP contribution in [0.1, 0.15) is 26.7 Å². The minimum Gasteiger partial charge on any atom is -0.396 e. The molecule has 0 radical (unpaired) electrons. The van der Waals surface area contributed by atoms with Crippen molar-refractivity contribution in [3.8, 4) is 0 Å². The Morgan fingerprint density at radius 3 is 2.71 bits per heavy atom. The minimum atomic E-state index is -3.68. The first-order valence-electron chi connectivity index (χ1n) is 6.90. The summed E-state index contributed by atoms with van der Waals surface area (Å²) >= 11 is 0. The summed E-state index contributed by atoms with van der Waals surface area (Å²) in [4.78, 5) is 4.39. The number of nitrogens with one attached hydrogen (secondary N) is 1. The molecule has 0 aliphatic carbocycles. The average molecular weight is 308 g/mol. The Morgan fingerprint density at radius 1 is 1.29 bits per heavy atom. The van der Waals surface area contributed by atoms with E-state index in [0.717, 1.165) is 0 Å². The predicted molar refractivity (Wildman–Crippen MR) is 82.5 cm³/mol. The molecule has 1 aromatic carbocycles. The molecule has 6 heteroatoms. The summed E-state index contributed by atoms with van der Waals surface area (Å²) in [6.07, 6.45) is 2.59. The van der Waals surface area contributed by atoms with E-state index in [2.05, 4.69) is 9.71 Å². The number of pyridine rings is 1. The highest BCUT2D eigenvalue weighted by atomic mass is 32.2. The lowest BCUT2D eigenvalue weighted by molar-refractivity contribution is 0.233. The van der Waals surface area contributed by atoms with Gasteiger partial charge in [0, 0.05) is 23.7 Å². The molecule has 2 N–H and O–H groups in total. The standard InChI is InChI=1S/C15H20N2O3S/c1-3-15(2,9-11-18)17-21(19,20)14-8-4-7-13-12(14)6-5-10-16-13/h4-8,10,17-18H,3,9,11H2,1-2H3. The molecule has 2 aromatic rings. The zero-order valence-corrected chi connectivity index (χ0v) is 13.0. The third kappa shape index (κ3) is 3.40. The molecule has 1 unspecified atom stereocenters. The Kier molecular flexibility index (Phi) is 4.61. The average Bonchev–Trinajstić information content (AvgIpc) is 2.46. The Morgan fingerprint density at radius 2 is 2.05 bits per heavy atom. The quantitative estimate of drug-likeness (QED) is 0.856. The number of hydrogen-bond donors (Lipinski definition) is 2. The number of fused-ring (bicyclic) bond motifs is 1. The van der Waals surface area contributed by atoms with Crippen molar-refractivity contribution in [1.82, 2.24) is 9.71 Å². The summed E-state index contributed by atoms with van der Waals surface area (Å²) in [5.41, 5.74) is -0.0291. The Balaban J connectivity index is 2.47. The van der Waals surface area contributed by atoms with Crippen LogP contribution in [0.15, 0.2) is 41.4 Å². The number of benzene rings is 1. The zero-order chi connectivity index (χ0) is 15.5. The molecule has 0 bridgehead atoms. The molecule has 114 valence electrons. The van der Waals surface area contributed by atoms with E-state index in [9.17, 15) is 8.42 Å². The van der Waals surface area contributed by atoms with Crippen LogP contribution in [0.4, 0.5) is 0 Å². The van der Waals surface area contributed by atoms with Crippen molar-refractivity contribution < 1.29 is 13.5 Å². The van der Waals surface area contributed by atoms with Gasteiger partial charge in [0.25, 0.3) is 0 Å². The number of aromatic nitrogens is 1. The summed E-state index contributed by atoms with van der Waals surface area (Å²) in [5, 5.41) is 9.72. The van der Waals surface area contributed by atoms with E-state index in [1.807, 2.05) is 6.92 Å². The normalized spacial score (nSPS) is 15.0. The van der Waals surface area contributed by atoms with Gasteiger partial charge < -0.3 is 5.11 Å². The van der Waals surface area contributed by atoms with Gasteiger partial charge in [0.2, 0.25) is 10.0 Å².